The van der Waals surface area contributed by atoms with Gasteiger partial charge in [-0.2, -0.15) is 0 Å². The van der Waals surface area contributed by atoms with Gasteiger partial charge < -0.3 is 25.0 Å². The monoisotopic (exact) mass is 363 g/mol. The maximum atomic E-state index is 12.4. The lowest BCUT2D eigenvalue weighted by molar-refractivity contribution is -0.148. The van der Waals surface area contributed by atoms with Crippen molar-refractivity contribution < 1.29 is 23.9 Å². The number of ether oxygens (including phenoxy) is 2. The first-order valence-electron chi connectivity index (χ1n) is 8.67. The van der Waals surface area contributed by atoms with E-state index in [0.29, 0.717) is 32.8 Å². The molecule has 8 nitrogen and oxygen atoms in total. The van der Waals surface area contributed by atoms with Crippen molar-refractivity contribution in [3.05, 3.63) is 35.9 Å². The zero-order chi connectivity index (χ0) is 18.9. The molecule has 1 aliphatic heterocycles. The summed E-state index contributed by atoms with van der Waals surface area (Å²) in [7, 11) is 0. The van der Waals surface area contributed by atoms with Crippen molar-refractivity contribution in [2.24, 2.45) is 5.73 Å². The molecule has 2 N–H and O–H groups in total. The molecule has 1 aromatic rings. The summed E-state index contributed by atoms with van der Waals surface area (Å²) < 4.78 is 10.1. The van der Waals surface area contributed by atoms with Crippen molar-refractivity contribution in [2.75, 3.05) is 32.8 Å². The Morgan fingerprint density at radius 3 is 2.27 bits per heavy atom. The minimum absolute atomic E-state index is 0.152. The normalized spacial score (nSPS) is 15.3. The molecule has 2 amide bonds. The van der Waals surface area contributed by atoms with Crippen molar-refractivity contribution >= 4 is 18.0 Å². The van der Waals surface area contributed by atoms with E-state index in [1.165, 1.54) is 0 Å². The lowest BCUT2D eigenvalue weighted by atomic mass is 10.1. The van der Waals surface area contributed by atoms with Gasteiger partial charge in [0.05, 0.1) is 19.1 Å². The molecule has 1 heterocycles. The maximum Gasteiger partial charge on any atom is 0.409 e. The fraction of sp³-hybridized carbons (Fsp3) is 0.500. The van der Waals surface area contributed by atoms with E-state index < -0.39 is 12.0 Å². The van der Waals surface area contributed by atoms with Gasteiger partial charge >= 0.3 is 12.1 Å². The van der Waals surface area contributed by atoms with Crippen LogP contribution in [0.1, 0.15) is 18.9 Å². The van der Waals surface area contributed by atoms with E-state index in [4.69, 9.17) is 15.2 Å². The highest BCUT2D eigenvalue weighted by atomic mass is 16.6. The Balaban J connectivity index is 1.73. The minimum Gasteiger partial charge on any atom is -0.461 e. The van der Waals surface area contributed by atoms with Gasteiger partial charge in [-0.1, -0.05) is 30.3 Å². The molecule has 26 heavy (non-hydrogen) atoms. The molecular weight excluding hydrogens is 338 g/mol. The van der Waals surface area contributed by atoms with Crippen LogP contribution in [0.15, 0.2) is 30.3 Å². The number of hydrogen-bond acceptors (Lipinski definition) is 6. The molecule has 1 saturated heterocycles. The van der Waals surface area contributed by atoms with Gasteiger partial charge in [0, 0.05) is 26.2 Å². The third-order valence-electron chi connectivity index (χ3n) is 4.06. The first kappa shape index (κ1) is 19.7. The predicted octanol–water partition coefficient (Wildman–Crippen LogP) is 0.748. The van der Waals surface area contributed by atoms with Crippen LogP contribution in [0.25, 0.3) is 0 Å². The largest absolute Gasteiger partial charge is 0.461 e. The van der Waals surface area contributed by atoms with Gasteiger partial charge in [-0.3, -0.25) is 9.59 Å². The second kappa shape index (κ2) is 9.76. The summed E-state index contributed by atoms with van der Waals surface area (Å²) in [5.41, 5.74) is 6.73. The van der Waals surface area contributed by atoms with Gasteiger partial charge in [0.25, 0.3) is 0 Å². The maximum absolute atomic E-state index is 12.4. The third kappa shape index (κ3) is 5.73. The van der Waals surface area contributed by atoms with Gasteiger partial charge in [0.1, 0.15) is 6.61 Å². The van der Waals surface area contributed by atoms with Crippen LogP contribution in [0, 0.1) is 0 Å². The van der Waals surface area contributed by atoms with E-state index in [-0.39, 0.29) is 25.0 Å². The van der Waals surface area contributed by atoms with Crippen LogP contribution in [0.4, 0.5) is 4.79 Å². The number of esters is 1. The lowest BCUT2D eigenvalue weighted by Crippen LogP contribution is -2.54. The SMILES string of the molecule is CCOC(=O)N1CCN(C(=O)C(N)CC(=O)OCc2ccccc2)CC1. The molecule has 2 rings (SSSR count). The van der Waals surface area contributed by atoms with Crippen LogP contribution in [0.5, 0.6) is 0 Å². The van der Waals surface area contributed by atoms with Crippen LogP contribution in [0.3, 0.4) is 0 Å². The fourth-order valence-electron chi connectivity index (χ4n) is 2.62. The molecule has 1 aliphatic rings. The van der Waals surface area contributed by atoms with E-state index in [1.807, 2.05) is 30.3 Å². The number of rotatable bonds is 6. The molecular formula is C18H25N3O5. The van der Waals surface area contributed by atoms with E-state index >= 15 is 0 Å². The van der Waals surface area contributed by atoms with Gasteiger partial charge in [0.15, 0.2) is 0 Å². The molecule has 0 saturated carbocycles. The Morgan fingerprint density at radius 2 is 1.65 bits per heavy atom. The zero-order valence-electron chi connectivity index (χ0n) is 14.9. The quantitative estimate of drug-likeness (QED) is 0.748. The Morgan fingerprint density at radius 1 is 1.04 bits per heavy atom. The average molecular weight is 363 g/mol. The Hall–Kier alpha value is -2.61. The van der Waals surface area contributed by atoms with E-state index in [1.54, 1.807) is 16.7 Å². The molecule has 0 aliphatic carbocycles. The van der Waals surface area contributed by atoms with Crippen molar-refractivity contribution in [3.8, 4) is 0 Å². The number of nitrogens with two attached hydrogens (primary N) is 1. The number of benzene rings is 1. The smallest absolute Gasteiger partial charge is 0.409 e. The third-order valence-corrected chi connectivity index (χ3v) is 4.06. The summed E-state index contributed by atoms with van der Waals surface area (Å²) >= 11 is 0. The minimum atomic E-state index is -0.951. The van der Waals surface area contributed by atoms with Gasteiger partial charge in [-0.15, -0.1) is 0 Å². The molecule has 1 fully saturated rings. The molecule has 0 aromatic heterocycles. The number of piperazine rings is 1. The number of nitrogens with zero attached hydrogens (tertiary/aromatic N) is 2. The molecule has 142 valence electrons. The summed E-state index contributed by atoms with van der Waals surface area (Å²) in [5, 5.41) is 0. The van der Waals surface area contributed by atoms with Crippen molar-refractivity contribution in [3.63, 3.8) is 0 Å². The summed E-state index contributed by atoms with van der Waals surface area (Å²) in [6, 6.07) is 8.33. The highest BCUT2D eigenvalue weighted by Gasteiger charge is 2.29. The first-order chi connectivity index (χ1) is 12.5. The van der Waals surface area contributed by atoms with Crippen LogP contribution in [-0.2, 0) is 25.7 Å². The zero-order valence-corrected chi connectivity index (χ0v) is 14.9. The van der Waals surface area contributed by atoms with Crippen molar-refractivity contribution in [1.82, 2.24) is 9.80 Å². The molecule has 0 bridgehead atoms. The summed E-state index contributed by atoms with van der Waals surface area (Å²) in [6.07, 6.45) is -0.558. The van der Waals surface area contributed by atoms with E-state index in [9.17, 15) is 14.4 Å². The Labute approximate surface area is 152 Å². The number of carbonyl (C=O) groups excluding carboxylic acids is 3. The summed E-state index contributed by atoms with van der Waals surface area (Å²) in [5.74, 6) is -0.829. The number of amides is 2. The predicted molar refractivity (Wildman–Crippen MR) is 94.0 cm³/mol. The molecule has 0 spiro atoms. The van der Waals surface area contributed by atoms with Crippen LogP contribution in [-0.4, -0.2) is 66.6 Å². The molecule has 8 heteroatoms. The Bertz CT molecular complexity index is 615. The molecule has 1 aromatic carbocycles. The van der Waals surface area contributed by atoms with Crippen LogP contribution in [0.2, 0.25) is 0 Å². The second-order valence-electron chi connectivity index (χ2n) is 5.97. The van der Waals surface area contributed by atoms with Gasteiger partial charge in [-0.25, -0.2) is 4.79 Å². The van der Waals surface area contributed by atoms with Crippen molar-refractivity contribution in [1.29, 1.82) is 0 Å². The van der Waals surface area contributed by atoms with E-state index in [2.05, 4.69) is 0 Å². The average Bonchev–Trinajstić information content (AvgIpc) is 2.67. The summed E-state index contributed by atoms with van der Waals surface area (Å²) in [6.45, 7) is 3.71. The second-order valence-corrected chi connectivity index (χ2v) is 5.97. The molecule has 0 radical (unpaired) electrons. The van der Waals surface area contributed by atoms with Gasteiger partial charge in [0.2, 0.25) is 5.91 Å². The number of hydrogen-bond donors (Lipinski definition) is 1. The lowest BCUT2D eigenvalue weighted by Gasteiger charge is -2.35. The van der Waals surface area contributed by atoms with Crippen molar-refractivity contribution in [2.45, 2.75) is 26.0 Å². The highest BCUT2D eigenvalue weighted by molar-refractivity contribution is 5.86. The molecule has 1 unspecified atom stereocenters. The topological polar surface area (TPSA) is 102 Å². The van der Waals surface area contributed by atoms with Crippen LogP contribution >= 0.6 is 0 Å². The number of carbonyl (C=O) groups is 3. The van der Waals surface area contributed by atoms with Crippen LogP contribution < -0.4 is 5.73 Å². The fourth-order valence-corrected chi connectivity index (χ4v) is 2.62. The Kier molecular flexibility index (Phi) is 7.40. The summed E-state index contributed by atoms with van der Waals surface area (Å²) in [4.78, 5) is 39.0. The van der Waals surface area contributed by atoms with Gasteiger partial charge in [-0.05, 0) is 12.5 Å². The standard InChI is InChI=1S/C18H25N3O5/c1-2-25-18(24)21-10-8-20(9-11-21)17(23)15(19)12-16(22)26-13-14-6-4-3-5-7-14/h3-7,15H,2,8-13,19H2,1H3. The highest BCUT2D eigenvalue weighted by Crippen LogP contribution is 2.08. The first-order valence-corrected chi connectivity index (χ1v) is 8.67. The van der Waals surface area contributed by atoms with E-state index in [0.717, 1.165) is 5.56 Å². The molecule has 1 atom stereocenters.